The van der Waals surface area contributed by atoms with Gasteiger partial charge in [-0.2, -0.15) is 11.8 Å². The minimum atomic E-state index is 0.536. The van der Waals surface area contributed by atoms with E-state index in [0.717, 1.165) is 22.6 Å². The number of hydrogen-bond acceptors (Lipinski definition) is 3. The average molecular weight is 308 g/mol. The Bertz CT molecular complexity index is 361. The van der Waals surface area contributed by atoms with Gasteiger partial charge in [0.1, 0.15) is 5.82 Å². The molecular formula is C10H12BrClN2S. The maximum Gasteiger partial charge on any atom is 0.143 e. The molecule has 15 heavy (non-hydrogen) atoms. The quantitative estimate of drug-likeness (QED) is 0.790. The van der Waals surface area contributed by atoms with Crippen LogP contribution in [0.2, 0.25) is 5.02 Å². The molecule has 5 heteroatoms. The second-order valence-electron chi connectivity index (χ2n) is 3.58. The third kappa shape index (κ3) is 2.60. The first-order valence-electron chi connectivity index (χ1n) is 4.84. The minimum Gasteiger partial charge on any atom is -0.351 e. The lowest BCUT2D eigenvalue weighted by atomic mass is 10.3. The molecule has 0 radical (unpaired) electrons. The molecule has 0 N–H and O–H groups in total. The van der Waals surface area contributed by atoms with Crippen LogP contribution in [-0.4, -0.2) is 29.1 Å². The van der Waals surface area contributed by atoms with Crippen molar-refractivity contribution in [3.8, 4) is 0 Å². The molecule has 1 unspecified atom stereocenters. The maximum absolute atomic E-state index is 5.88. The fraction of sp³-hybridized carbons (Fsp3) is 0.500. The smallest absolute Gasteiger partial charge is 0.143 e. The Balaban J connectivity index is 2.27. The van der Waals surface area contributed by atoms with Gasteiger partial charge < -0.3 is 4.90 Å². The van der Waals surface area contributed by atoms with Gasteiger partial charge in [0.25, 0.3) is 0 Å². The summed E-state index contributed by atoms with van der Waals surface area (Å²) in [5.74, 6) is 3.34. The summed E-state index contributed by atoms with van der Waals surface area (Å²) < 4.78 is 0.980. The fourth-order valence-electron chi connectivity index (χ4n) is 1.66. The monoisotopic (exact) mass is 306 g/mol. The Morgan fingerprint density at radius 3 is 3.13 bits per heavy atom. The van der Waals surface area contributed by atoms with E-state index in [-0.39, 0.29) is 0 Å². The number of halogens is 2. The molecule has 0 saturated carbocycles. The number of anilines is 1. The summed E-state index contributed by atoms with van der Waals surface area (Å²) >= 11 is 11.4. The molecule has 0 aliphatic carbocycles. The minimum absolute atomic E-state index is 0.536. The van der Waals surface area contributed by atoms with E-state index in [2.05, 4.69) is 32.7 Å². The number of aromatic nitrogens is 1. The van der Waals surface area contributed by atoms with Crippen LogP contribution in [0.3, 0.4) is 0 Å². The van der Waals surface area contributed by atoms with Crippen LogP contribution in [0.25, 0.3) is 0 Å². The van der Waals surface area contributed by atoms with E-state index in [4.69, 9.17) is 11.6 Å². The normalized spacial score (nSPS) is 21.8. The molecule has 2 rings (SSSR count). The van der Waals surface area contributed by atoms with Gasteiger partial charge in [-0.05, 0) is 28.9 Å². The van der Waals surface area contributed by atoms with Crippen molar-refractivity contribution in [1.82, 2.24) is 4.98 Å². The van der Waals surface area contributed by atoms with Crippen LogP contribution < -0.4 is 4.90 Å². The summed E-state index contributed by atoms with van der Waals surface area (Å²) in [6, 6.07) is 2.44. The predicted octanol–water partition coefficient (Wildman–Crippen LogP) is 3.44. The van der Waals surface area contributed by atoms with Gasteiger partial charge in [0.2, 0.25) is 0 Å². The summed E-state index contributed by atoms with van der Waals surface area (Å²) in [6.07, 6.45) is 1.70. The molecule has 1 saturated heterocycles. The molecule has 2 nitrogen and oxygen atoms in total. The van der Waals surface area contributed by atoms with Crippen molar-refractivity contribution in [2.75, 3.05) is 23.0 Å². The average Bonchev–Trinajstić information content (AvgIpc) is 2.20. The Labute approximate surface area is 108 Å². The topological polar surface area (TPSA) is 16.1 Å². The standard InChI is InChI=1S/C10H12BrClN2S/c1-7-6-15-3-2-14(7)10-9(11)4-8(12)5-13-10/h4-5,7H,2-3,6H2,1H3. The zero-order valence-electron chi connectivity index (χ0n) is 8.41. The summed E-state index contributed by atoms with van der Waals surface area (Å²) in [6.45, 7) is 3.29. The molecule has 1 atom stereocenters. The first-order valence-corrected chi connectivity index (χ1v) is 7.16. The Morgan fingerprint density at radius 1 is 1.67 bits per heavy atom. The predicted molar refractivity (Wildman–Crippen MR) is 71.1 cm³/mol. The Morgan fingerprint density at radius 2 is 2.47 bits per heavy atom. The summed E-state index contributed by atoms with van der Waals surface area (Å²) in [4.78, 5) is 6.72. The van der Waals surface area contributed by atoms with E-state index in [9.17, 15) is 0 Å². The van der Waals surface area contributed by atoms with Crippen molar-refractivity contribution in [3.63, 3.8) is 0 Å². The molecular weight excluding hydrogens is 296 g/mol. The van der Waals surface area contributed by atoms with Crippen LogP contribution in [0.4, 0.5) is 5.82 Å². The van der Waals surface area contributed by atoms with Gasteiger partial charge in [-0.1, -0.05) is 11.6 Å². The van der Waals surface area contributed by atoms with Crippen LogP contribution in [0.5, 0.6) is 0 Å². The van der Waals surface area contributed by atoms with E-state index in [1.807, 2.05) is 17.8 Å². The molecule has 0 aromatic carbocycles. The zero-order valence-corrected chi connectivity index (χ0v) is 11.6. The van der Waals surface area contributed by atoms with E-state index >= 15 is 0 Å². The molecule has 82 valence electrons. The lowest BCUT2D eigenvalue weighted by Crippen LogP contribution is -2.41. The van der Waals surface area contributed by atoms with Crippen molar-refractivity contribution in [2.45, 2.75) is 13.0 Å². The van der Waals surface area contributed by atoms with Gasteiger partial charge in [0.05, 0.1) is 9.50 Å². The van der Waals surface area contributed by atoms with Gasteiger partial charge in [-0.3, -0.25) is 0 Å². The van der Waals surface area contributed by atoms with Crippen LogP contribution in [0.15, 0.2) is 16.7 Å². The van der Waals surface area contributed by atoms with E-state index in [1.165, 1.54) is 5.75 Å². The lowest BCUT2D eigenvalue weighted by Gasteiger charge is -2.34. The molecule has 1 aliphatic rings. The molecule has 1 aromatic heterocycles. The van der Waals surface area contributed by atoms with Crippen molar-refractivity contribution >= 4 is 45.1 Å². The number of thioether (sulfide) groups is 1. The van der Waals surface area contributed by atoms with Gasteiger partial charge >= 0.3 is 0 Å². The van der Waals surface area contributed by atoms with Gasteiger partial charge in [-0.15, -0.1) is 0 Å². The van der Waals surface area contributed by atoms with Gasteiger partial charge in [-0.25, -0.2) is 4.98 Å². The van der Waals surface area contributed by atoms with E-state index in [1.54, 1.807) is 6.20 Å². The maximum atomic E-state index is 5.88. The highest BCUT2D eigenvalue weighted by atomic mass is 79.9. The van der Waals surface area contributed by atoms with Crippen LogP contribution >= 0.6 is 39.3 Å². The lowest BCUT2D eigenvalue weighted by molar-refractivity contribution is 0.688. The van der Waals surface area contributed by atoms with Crippen molar-refractivity contribution in [3.05, 3.63) is 21.8 Å². The second-order valence-corrected chi connectivity index (χ2v) is 6.02. The van der Waals surface area contributed by atoms with Crippen LogP contribution in [-0.2, 0) is 0 Å². The number of nitrogens with zero attached hydrogens (tertiary/aromatic N) is 2. The Hall–Kier alpha value is 0.0700. The molecule has 2 heterocycles. The number of rotatable bonds is 1. The highest BCUT2D eigenvalue weighted by Gasteiger charge is 2.21. The summed E-state index contributed by atoms with van der Waals surface area (Å²) in [7, 11) is 0. The molecule has 0 amide bonds. The third-order valence-corrected chi connectivity index (χ3v) is 4.41. The van der Waals surface area contributed by atoms with Crippen LogP contribution in [0.1, 0.15) is 6.92 Å². The highest BCUT2D eigenvalue weighted by molar-refractivity contribution is 9.10. The van der Waals surface area contributed by atoms with E-state index < -0.39 is 0 Å². The Kier molecular flexibility index (Phi) is 3.80. The van der Waals surface area contributed by atoms with Crippen molar-refractivity contribution < 1.29 is 0 Å². The molecule has 0 spiro atoms. The molecule has 0 bridgehead atoms. The molecule has 1 aliphatic heterocycles. The molecule has 1 fully saturated rings. The third-order valence-electron chi connectivity index (χ3n) is 2.43. The first kappa shape index (κ1) is 11.6. The van der Waals surface area contributed by atoms with E-state index in [0.29, 0.717) is 11.1 Å². The number of pyridine rings is 1. The summed E-state index contributed by atoms with van der Waals surface area (Å²) in [5, 5.41) is 0.671. The SMILES string of the molecule is CC1CSCCN1c1ncc(Cl)cc1Br. The fourth-order valence-corrected chi connectivity index (χ4v) is 3.54. The second kappa shape index (κ2) is 4.93. The highest BCUT2D eigenvalue weighted by Crippen LogP contribution is 2.30. The first-order chi connectivity index (χ1) is 7.18. The van der Waals surface area contributed by atoms with Gasteiger partial charge in [0.15, 0.2) is 0 Å². The number of hydrogen-bond donors (Lipinski definition) is 0. The largest absolute Gasteiger partial charge is 0.351 e. The van der Waals surface area contributed by atoms with Gasteiger partial charge in [0, 0.05) is 30.3 Å². The zero-order chi connectivity index (χ0) is 10.8. The summed E-state index contributed by atoms with van der Waals surface area (Å²) in [5.41, 5.74) is 0. The molecule has 1 aromatic rings. The van der Waals surface area contributed by atoms with Crippen LogP contribution in [0, 0.1) is 0 Å². The van der Waals surface area contributed by atoms with Crippen molar-refractivity contribution in [2.24, 2.45) is 0 Å². The van der Waals surface area contributed by atoms with Crippen molar-refractivity contribution in [1.29, 1.82) is 0 Å².